The van der Waals surface area contributed by atoms with Gasteiger partial charge < -0.3 is 9.84 Å². The fourth-order valence-corrected chi connectivity index (χ4v) is 5.08. The van der Waals surface area contributed by atoms with Crippen molar-refractivity contribution in [2.24, 2.45) is 5.41 Å². The standard InChI is InChI=1S/C26H26Br2N2O5/c1-26(2,13-6-5-12-22(31)30-34)24(19-14-17(27)15-20(28)23(19)32)35-25(33)29-21-11-7-9-16-8-3-4-10-18(16)21/h3-5,7-12,14-15,24,32,34H,6,13H2,1-2H3,(H,29,33)(H,30,31)/b12-5+/t24-/m1/s1. The van der Waals surface area contributed by atoms with E-state index in [9.17, 15) is 14.7 Å². The number of aromatic hydroxyl groups is 1. The molecular weight excluding hydrogens is 580 g/mol. The minimum atomic E-state index is -0.827. The molecule has 0 saturated heterocycles. The summed E-state index contributed by atoms with van der Waals surface area (Å²) in [5, 5.41) is 24.1. The lowest BCUT2D eigenvalue weighted by molar-refractivity contribution is -0.124. The van der Waals surface area contributed by atoms with E-state index in [1.165, 1.54) is 6.08 Å². The zero-order valence-electron chi connectivity index (χ0n) is 19.2. The lowest BCUT2D eigenvalue weighted by atomic mass is 9.78. The van der Waals surface area contributed by atoms with Crippen molar-refractivity contribution in [3.8, 4) is 5.75 Å². The Labute approximate surface area is 220 Å². The van der Waals surface area contributed by atoms with Crippen LogP contribution in [0.3, 0.4) is 0 Å². The topological polar surface area (TPSA) is 108 Å². The van der Waals surface area contributed by atoms with E-state index in [0.717, 1.165) is 10.8 Å². The van der Waals surface area contributed by atoms with Crippen molar-refractivity contribution in [3.63, 3.8) is 0 Å². The highest BCUT2D eigenvalue weighted by molar-refractivity contribution is 9.11. The number of phenols is 1. The van der Waals surface area contributed by atoms with E-state index in [1.54, 1.807) is 29.8 Å². The maximum absolute atomic E-state index is 13.1. The van der Waals surface area contributed by atoms with E-state index in [0.29, 0.717) is 33.0 Å². The van der Waals surface area contributed by atoms with Crippen LogP contribution in [0.4, 0.5) is 10.5 Å². The molecule has 3 aromatic rings. The quantitative estimate of drug-likeness (QED) is 0.123. The van der Waals surface area contributed by atoms with Gasteiger partial charge in [-0.15, -0.1) is 0 Å². The summed E-state index contributed by atoms with van der Waals surface area (Å²) in [4.78, 5) is 24.3. The van der Waals surface area contributed by atoms with Crippen LogP contribution in [0.5, 0.6) is 5.75 Å². The highest BCUT2D eigenvalue weighted by atomic mass is 79.9. The van der Waals surface area contributed by atoms with Crippen LogP contribution in [-0.2, 0) is 9.53 Å². The van der Waals surface area contributed by atoms with Gasteiger partial charge in [-0.25, -0.2) is 10.3 Å². The van der Waals surface area contributed by atoms with Crippen LogP contribution >= 0.6 is 31.9 Å². The predicted octanol–water partition coefficient (Wildman–Crippen LogP) is 7.23. The van der Waals surface area contributed by atoms with Gasteiger partial charge in [0.25, 0.3) is 5.91 Å². The molecule has 0 aliphatic carbocycles. The van der Waals surface area contributed by atoms with Crippen molar-refractivity contribution >= 4 is 60.3 Å². The number of nitrogens with one attached hydrogen (secondary N) is 2. The second kappa shape index (κ2) is 11.7. The van der Waals surface area contributed by atoms with Crippen LogP contribution in [0.15, 0.2) is 75.7 Å². The summed E-state index contributed by atoms with van der Waals surface area (Å²) >= 11 is 6.79. The molecule has 0 heterocycles. The first-order valence-electron chi connectivity index (χ1n) is 10.9. The van der Waals surface area contributed by atoms with Crippen molar-refractivity contribution in [2.75, 3.05) is 5.32 Å². The zero-order valence-corrected chi connectivity index (χ0v) is 22.4. The summed E-state index contributed by atoms with van der Waals surface area (Å²) in [7, 11) is 0. The Kier molecular flexibility index (Phi) is 8.93. The number of ether oxygens (including phenoxy) is 1. The third-order valence-corrected chi connectivity index (χ3v) is 6.70. The van der Waals surface area contributed by atoms with Gasteiger partial charge in [-0.05, 0) is 52.4 Å². The van der Waals surface area contributed by atoms with E-state index >= 15 is 0 Å². The lowest BCUT2D eigenvalue weighted by Gasteiger charge is -2.34. The van der Waals surface area contributed by atoms with Crippen LogP contribution in [0.2, 0.25) is 0 Å². The molecule has 4 N–H and O–H groups in total. The number of fused-ring (bicyclic) bond motifs is 1. The van der Waals surface area contributed by atoms with E-state index in [1.807, 2.05) is 50.2 Å². The Hall–Kier alpha value is -2.88. The van der Waals surface area contributed by atoms with E-state index in [2.05, 4.69) is 37.2 Å². The number of phenolic OH excluding ortho intramolecular Hbond substituents is 1. The Balaban J connectivity index is 1.90. The van der Waals surface area contributed by atoms with E-state index in [-0.39, 0.29) is 5.75 Å². The number of allylic oxidation sites excluding steroid dienone is 1. The molecule has 0 fully saturated rings. The Morgan fingerprint density at radius 2 is 1.83 bits per heavy atom. The molecule has 1 atom stereocenters. The van der Waals surface area contributed by atoms with Gasteiger partial charge in [-0.1, -0.05) is 72.3 Å². The van der Waals surface area contributed by atoms with Gasteiger partial charge in [0.15, 0.2) is 0 Å². The molecule has 2 amide bonds. The number of anilines is 1. The third-order valence-electron chi connectivity index (χ3n) is 5.64. The number of hydrogen-bond acceptors (Lipinski definition) is 5. The summed E-state index contributed by atoms with van der Waals surface area (Å²) in [5.74, 6) is -0.655. The second-order valence-corrected chi connectivity index (χ2v) is 10.4. The van der Waals surface area contributed by atoms with Crippen molar-refractivity contribution < 1.29 is 24.6 Å². The van der Waals surface area contributed by atoms with Crippen LogP contribution in [0.1, 0.15) is 38.4 Å². The van der Waals surface area contributed by atoms with Crippen LogP contribution in [0.25, 0.3) is 10.8 Å². The Morgan fingerprint density at radius 3 is 2.57 bits per heavy atom. The number of benzene rings is 3. The molecule has 0 aliphatic heterocycles. The number of hydrogen-bond donors (Lipinski definition) is 4. The van der Waals surface area contributed by atoms with Crippen molar-refractivity contribution in [1.29, 1.82) is 0 Å². The second-order valence-electron chi connectivity index (χ2n) is 8.67. The zero-order chi connectivity index (χ0) is 25.6. The summed E-state index contributed by atoms with van der Waals surface area (Å²) in [6.45, 7) is 3.83. The maximum atomic E-state index is 13.1. The smallest absolute Gasteiger partial charge is 0.412 e. The van der Waals surface area contributed by atoms with Crippen molar-refractivity contribution in [3.05, 3.63) is 81.3 Å². The van der Waals surface area contributed by atoms with Crippen molar-refractivity contribution in [1.82, 2.24) is 5.48 Å². The number of amides is 2. The predicted molar refractivity (Wildman–Crippen MR) is 142 cm³/mol. The largest absolute Gasteiger partial charge is 0.506 e. The number of carbonyl (C=O) groups excluding carboxylic acids is 2. The summed E-state index contributed by atoms with van der Waals surface area (Å²) in [5.41, 5.74) is 1.95. The Morgan fingerprint density at radius 1 is 1.11 bits per heavy atom. The van der Waals surface area contributed by atoms with Crippen LogP contribution < -0.4 is 10.8 Å². The molecule has 0 bridgehead atoms. The van der Waals surface area contributed by atoms with Gasteiger partial charge in [0.1, 0.15) is 11.9 Å². The summed E-state index contributed by atoms with van der Waals surface area (Å²) in [6.07, 6.45) is 2.35. The van der Waals surface area contributed by atoms with Gasteiger partial charge in [-0.2, -0.15) is 0 Å². The fourth-order valence-electron chi connectivity index (χ4n) is 3.82. The molecule has 35 heavy (non-hydrogen) atoms. The SMILES string of the molecule is CC(C)(CC/C=C/C(=O)NO)[C@H](OC(=O)Nc1cccc2ccccc12)c1cc(Br)cc(Br)c1O. The minimum absolute atomic E-state index is 0.0283. The molecule has 3 aromatic carbocycles. The molecule has 0 aromatic heterocycles. The maximum Gasteiger partial charge on any atom is 0.412 e. The number of rotatable bonds is 8. The molecule has 0 aliphatic rings. The molecule has 7 nitrogen and oxygen atoms in total. The van der Waals surface area contributed by atoms with Crippen LogP contribution in [0, 0.1) is 5.41 Å². The highest BCUT2D eigenvalue weighted by Crippen LogP contribution is 2.46. The van der Waals surface area contributed by atoms with Crippen molar-refractivity contribution in [2.45, 2.75) is 32.8 Å². The molecule has 9 heteroatoms. The van der Waals surface area contributed by atoms with Gasteiger partial charge in [0, 0.05) is 26.9 Å². The van der Waals surface area contributed by atoms with Gasteiger partial charge in [0.2, 0.25) is 0 Å². The number of halogens is 2. The summed E-state index contributed by atoms with van der Waals surface area (Å²) < 4.78 is 7.11. The summed E-state index contributed by atoms with van der Waals surface area (Å²) in [6, 6.07) is 16.7. The first-order valence-corrected chi connectivity index (χ1v) is 12.4. The molecule has 184 valence electrons. The third kappa shape index (κ3) is 6.84. The van der Waals surface area contributed by atoms with Crippen LogP contribution in [-0.4, -0.2) is 22.3 Å². The molecule has 0 radical (unpaired) electrons. The highest BCUT2D eigenvalue weighted by Gasteiger charge is 2.36. The van der Waals surface area contributed by atoms with Gasteiger partial charge in [0.05, 0.1) is 10.2 Å². The van der Waals surface area contributed by atoms with E-state index in [4.69, 9.17) is 9.94 Å². The van der Waals surface area contributed by atoms with Gasteiger partial charge in [-0.3, -0.25) is 15.3 Å². The van der Waals surface area contributed by atoms with E-state index < -0.39 is 23.5 Å². The first kappa shape index (κ1) is 26.7. The molecule has 0 spiro atoms. The molecular formula is C26H26Br2N2O5. The number of carbonyl (C=O) groups is 2. The average Bonchev–Trinajstić information content (AvgIpc) is 2.82. The Bertz CT molecular complexity index is 1250. The van der Waals surface area contributed by atoms with Gasteiger partial charge >= 0.3 is 6.09 Å². The average molecular weight is 606 g/mol. The molecule has 0 unspecified atom stereocenters. The monoisotopic (exact) mass is 604 g/mol. The fraction of sp³-hybridized carbons (Fsp3) is 0.231. The number of hydroxylamine groups is 1. The molecule has 0 saturated carbocycles. The first-order chi connectivity index (χ1) is 16.6. The molecule has 3 rings (SSSR count). The normalized spacial score (nSPS) is 12.5. The minimum Gasteiger partial charge on any atom is -0.506 e. The lowest BCUT2D eigenvalue weighted by Crippen LogP contribution is -2.29.